The van der Waals surface area contributed by atoms with Gasteiger partial charge in [0.2, 0.25) is 0 Å². The molecule has 0 aromatic carbocycles. The van der Waals surface area contributed by atoms with Crippen LogP contribution in [0.5, 0.6) is 0 Å². The van der Waals surface area contributed by atoms with Crippen molar-refractivity contribution < 1.29 is 0 Å². The standard InChI is InChI=1S/C14H19N5/c15-8-14-12(2-1-3-17-14)11-18-4-6-19(7-5-18)13-9-16-10-13/h1-3,13,16H,4-7,9-11H2. The molecule has 1 aromatic heterocycles. The molecule has 1 N–H and O–H groups in total. The Morgan fingerprint density at radius 3 is 2.74 bits per heavy atom. The number of hydrogen-bond acceptors (Lipinski definition) is 5. The van der Waals surface area contributed by atoms with Gasteiger partial charge in [-0.25, -0.2) is 4.98 Å². The molecule has 0 saturated carbocycles. The lowest BCUT2D eigenvalue weighted by atomic mass is 10.1. The molecule has 2 aliphatic heterocycles. The van der Waals surface area contributed by atoms with Gasteiger partial charge in [0, 0.05) is 63.6 Å². The third kappa shape index (κ3) is 2.76. The fourth-order valence-electron chi connectivity index (χ4n) is 2.73. The molecule has 0 spiro atoms. The molecule has 5 heteroatoms. The number of nitriles is 1. The van der Waals surface area contributed by atoms with Gasteiger partial charge in [0.1, 0.15) is 11.8 Å². The molecule has 2 saturated heterocycles. The van der Waals surface area contributed by atoms with Crippen LogP contribution in [-0.4, -0.2) is 60.1 Å². The molecule has 3 heterocycles. The third-order valence-corrected chi connectivity index (χ3v) is 4.07. The molecule has 5 nitrogen and oxygen atoms in total. The van der Waals surface area contributed by atoms with Crippen LogP contribution in [0.25, 0.3) is 0 Å². The van der Waals surface area contributed by atoms with Crippen molar-refractivity contribution in [2.75, 3.05) is 39.3 Å². The molecule has 0 radical (unpaired) electrons. The van der Waals surface area contributed by atoms with E-state index in [4.69, 9.17) is 5.26 Å². The lowest BCUT2D eigenvalue weighted by Crippen LogP contribution is -2.61. The van der Waals surface area contributed by atoms with E-state index < -0.39 is 0 Å². The normalized spacial score (nSPS) is 21.8. The van der Waals surface area contributed by atoms with Crippen LogP contribution in [0.3, 0.4) is 0 Å². The van der Waals surface area contributed by atoms with Gasteiger partial charge in [-0.3, -0.25) is 9.80 Å². The maximum atomic E-state index is 9.06. The first-order valence-corrected chi connectivity index (χ1v) is 6.88. The van der Waals surface area contributed by atoms with E-state index in [2.05, 4.69) is 26.2 Å². The van der Waals surface area contributed by atoms with E-state index in [0.29, 0.717) is 5.69 Å². The van der Waals surface area contributed by atoms with E-state index in [1.54, 1.807) is 6.20 Å². The molecule has 2 fully saturated rings. The van der Waals surface area contributed by atoms with Crippen LogP contribution in [-0.2, 0) is 6.54 Å². The minimum atomic E-state index is 0.563. The summed E-state index contributed by atoms with van der Waals surface area (Å²) in [7, 11) is 0. The largest absolute Gasteiger partial charge is 0.314 e. The maximum Gasteiger partial charge on any atom is 0.144 e. The van der Waals surface area contributed by atoms with Crippen LogP contribution in [0.4, 0.5) is 0 Å². The Labute approximate surface area is 113 Å². The Morgan fingerprint density at radius 1 is 1.32 bits per heavy atom. The molecule has 0 atom stereocenters. The van der Waals surface area contributed by atoms with Gasteiger partial charge in [0.15, 0.2) is 0 Å². The monoisotopic (exact) mass is 257 g/mol. The molecule has 0 bridgehead atoms. The van der Waals surface area contributed by atoms with Gasteiger partial charge in [-0.1, -0.05) is 6.07 Å². The second-order valence-corrected chi connectivity index (χ2v) is 5.25. The number of aromatic nitrogens is 1. The Bertz CT molecular complexity index is 469. The quantitative estimate of drug-likeness (QED) is 0.829. The van der Waals surface area contributed by atoms with Crippen LogP contribution >= 0.6 is 0 Å². The number of rotatable bonds is 3. The second kappa shape index (κ2) is 5.66. The van der Waals surface area contributed by atoms with Gasteiger partial charge in [0.05, 0.1) is 0 Å². The van der Waals surface area contributed by atoms with Crippen molar-refractivity contribution in [3.8, 4) is 6.07 Å². The van der Waals surface area contributed by atoms with Crippen LogP contribution in [0.1, 0.15) is 11.3 Å². The lowest BCUT2D eigenvalue weighted by molar-refractivity contribution is 0.0695. The molecular formula is C14H19N5. The first kappa shape index (κ1) is 12.5. The van der Waals surface area contributed by atoms with Crippen LogP contribution < -0.4 is 5.32 Å². The van der Waals surface area contributed by atoms with Crippen molar-refractivity contribution in [2.45, 2.75) is 12.6 Å². The van der Waals surface area contributed by atoms with Crippen molar-refractivity contribution in [2.24, 2.45) is 0 Å². The van der Waals surface area contributed by atoms with E-state index in [0.717, 1.165) is 57.4 Å². The predicted molar refractivity (Wildman–Crippen MR) is 72.5 cm³/mol. The van der Waals surface area contributed by atoms with Gasteiger partial charge in [-0.05, 0) is 6.07 Å². The van der Waals surface area contributed by atoms with Gasteiger partial charge >= 0.3 is 0 Å². The van der Waals surface area contributed by atoms with Gasteiger partial charge in [0.25, 0.3) is 0 Å². The summed E-state index contributed by atoms with van der Waals surface area (Å²) in [6.07, 6.45) is 1.68. The van der Waals surface area contributed by atoms with Crippen molar-refractivity contribution in [1.29, 1.82) is 5.26 Å². The zero-order chi connectivity index (χ0) is 13.1. The van der Waals surface area contributed by atoms with Crippen LogP contribution in [0.15, 0.2) is 18.3 Å². The Hall–Kier alpha value is -1.48. The topological polar surface area (TPSA) is 55.2 Å². The highest BCUT2D eigenvalue weighted by atomic mass is 15.3. The van der Waals surface area contributed by atoms with E-state index in [1.165, 1.54) is 0 Å². The molecule has 2 aliphatic rings. The Balaban J connectivity index is 1.55. The summed E-state index contributed by atoms with van der Waals surface area (Å²) < 4.78 is 0. The molecule has 0 unspecified atom stereocenters. The van der Waals surface area contributed by atoms with E-state index >= 15 is 0 Å². The van der Waals surface area contributed by atoms with Gasteiger partial charge in [-0.15, -0.1) is 0 Å². The number of pyridine rings is 1. The molecule has 1 aromatic rings. The summed E-state index contributed by atoms with van der Waals surface area (Å²) in [5.41, 5.74) is 1.61. The first-order chi connectivity index (χ1) is 9.36. The molecule has 100 valence electrons. The Kier molecular flexibility index (Phi) is 3.74. The van der Waals surface area contributed by atoms with Crippen molar-refractivity contribution in [3.05, 3.63) is 29.6 Å². The van der Waals surface area contributed by atoms with Crippen LogP contribution in [0.2, 0.25) is 0 Å². The number of nitrogens with one attached hydrogen (secondary N) is 1. The average Bonchev–Trinajstić information content (AvgIpc) is 2.40. The van der Waals surface area contributed by atoms with Gasteiger partial charge in [-0.2, -0.15) is 5.26 Å². The third-order valence-electron chi connectivity index (χ3n) is 4.07. The van der Waals surface area contributed by atoms with Crippen molar-refractivity contribution >= 4 is 0 Å². The summed E-state index contributed by atoms with van der Waals surface area (Å²) in [5.74, 6) is 0. The molecule has 3 rings (SSSR count). The van der Waals surface area contributed by atoms with E-state index in [-0.39, 0.29) is 0 Å². The molecule has 0 aliphatic carbocycles. The highest BCUT2D eigenvalue weighted by Crippen LogP contribution is 2.13. The maximum absolute atomic E-state index is 9.06. The smallest absolute Gasteiger partial charge is 0.144 e. The second-order valence-electron chi connectivity index (χ2n) is 5.25. The fraction of sp³-hybridized carbons (Fsp3) is 0.571. The zero-order valence-electron chi connectivity index (χ0n) is 11.0. The summed E-state index contributed by atoms with van der Waals surface area (Å²) in [5, 5.41) is 12.4. The summed E-state index contributed by atoms with van der Waals surface area (Å²) in [4.78, 5) is 9.11. The Morgan fingerprint density at radius 2 is 2.11 bits per heavy atom. The summed E-state index contributed by atoms with van der Waals surface area (Å²) in [6, 6.07) is 6.84. The number of hydrogen-bond donors (Lipinski definition) is 1. The zero-order valence-corrected chi connectivity index (χ0v) is 11.0. The first-order valence-electron chi connectivity index (χ1n) is 6.88. The van der Waals surface area contributed by atoms with Crippen molar-refractivity contribution in [1.82, 2.24) is 20.1 Å². The molecule has 0 amide bonds. The van der Waals surface area contributed by atoms with Crippen LogP contribution in [0, 0.1) is 11.3 Å². The fourth-order valence-corrected chi connectivity index (χ4v) is 2.73. The highest BCUT2D eigenvalue weighted by molar-refractivity contribution is 5.30. The molecular weight excluding hydrogens is 238 g/mol. The number of nitrogens with zero attached hydrogens (tertiary/aromatic N) is 4. The van der Waals surface area contributed by atoms with Crippen molar-refractivity contribution in [3.63, 3.8) is 0 Å². The highest BCUT2D eigenvalue weighted by Gasteiger charge is 2.27. The van der Waals surface area contributed by atoms with E-state index in [9.17, 15) is 0 Å². The minimum absolute atomic E-state index is 0.563. The predicted octanol–water partition coefficient (Wildman–Crippen LogP) is 0.0427. The van der Waals surface area contributed by atoms with Gasteiger partial charge < -0.3 is 5.32 Å². The van der Waals surface area contributed by atoms with E-state index in [1.807, 2.05) is 12.1 Å². The summed E-state index contributed by atoms with van der Waals surface area (Å²) >= 11 is 0. The SMILES string of the molecule is N#Cc1ncccc1CN1CCN(C2CNC2)CC1. The molecule has 19 heavy (non-hydrogen) atoms. The minimum Gasteiger partial charge on any atom is -0.314 e. The lowest BCUT2D eigenvalue weighted by Gasteiger charge is -2.43. The number of piperazine rings is 1. The average molecular weight is 257 g/mol. The summed E-state index contributed by atoms with van der Waals surface area (Å²) in [6.45, 7) is 7.55.